The number of hydrogen-bond acceptors (Lipinski definition) is 3. The minimum absolute atomic E-state index is 0.349. The minimum atomic E-state index is 0.349. The molecular formula is C10H14ClNO2. The molecule has 0 aliphatic carbocycles. The third kappa shape index (κ3) is 2.61. The fourth-order valence-electron chi connectivity index (χ4n) is 1.30. The predicted octanol–water partition coefficient (Wildman–Crippen LogP) is 2.48. The summed E-state index contributed by atoms with van der Waals surface area (Å²) in [5.74, 6) is 0.705. The molecule has 0 amide bonds. The van der Waals surface area contributed by atoms with E-state index >= 15 is 0 Å². The van der Waals surface area contributed by atoms with Crippen LogP contribution in [-0.4, -0.2) is 24.4 Å². The van der Waals surface area contributed by atoms with Crippen molar-refractivity contribution in [2.75, 3.05) is 14.2 Å². The summed E-state index contributed by atoms with van der Waals surface area (Å²) in [5.41, 5.74) is 1.83. The molecule has 0 aromatic heterocycles. The summed E-state index contributed by atoms with van der Waals surface area (Å²) in [6, 6.07) is 3.74. The Morgan fingerprint density at radius 3 is 2.64 bits per heavy atom. The molecule has 1 rings (SSSR count). The Kier molecular flexibility index (Phi) is 3.75. The van der Waals surface area contributed by atoms with Gasteiger partial charge in [-0.05, 0) is 24.6 Å². The maximum atomic E-state index is 9.14. The monoisotopic (exact) mass is 215 g/mol. The molecule has 0 heterocycles. The van der Waals surface area contributed by atoms with Gasteiger partial charge in [-0.2, -0.15) is 5.06 Å². The Bertz CT molecular complexity index is 326. The SMILES string of the molecule is COc1cc(C)cc(Cl)c1CN(C)O. The van der Waals surface area contributed by atoms with Crippen molar-refractivity contribution in [3.8, 4) is 5.75 Å². The zero-order valence-corrected chi connectivity index (χ0v) is 9.30. The van der Waals surface area contributed by atoms with Crippen molar-refractivity contribution >= 4 is 11.6 Å². The number of aryl methyl sites for hydroxylation is 1. The van der Waals surface area contributed by atoms with Crippen LogP contribution in [0.25, 0.3) is 0 Å². The number of halogens is 1. The second kappa shape index (κ2) is 4.64. The zero-order valence-electron chi connectivity index (χ0n) is 8.54. The first-order valence-corrected chi connectivity index (χ1v) is 4.65. The highest BCUT2D eigenvalue weighted by molar-refractivity contribution is 6.31. The lowest BCUT2D eigenvalue weighted by atomic mass is 10.1. The highest BCUT2D eigenvalue weighted by Gasteiger charge is 2.10. The maximum Gasteiger partial charge on any atom is 0.125 e. The van der Waals surface area contributed by atoms with Crippen molar-refractivity contribution in [3.05, 3.63) is 28.3 Å². The number of ether oxygens (including phenoxy) is 1. The van der Waals surface area contributed by atoms with Crippen molar-refractivity contribution < 1.29 is 9.94 Å². The average Bonchev–Trinajstić information content (AvgIpc) is 2.08. The molecule has 1 aromatic rings. The first-order valence-electron chi connectivity index (χ1n) is 4.27. The lowest BCUT2D eigenvalue weighted by Crippen LogP contribution is -2.13. The number of hydroxylamine groups is 2. The standard InChI is InChI=1S/C10H14ClNO2/c1-7-4-9(11)8(6-12(2)13)10(5-7)14-3/h4-5,13H,6H2,1-3H3. The molecule has 0 radical (unpaired) electrons. The normalized spacial score (nSPS) is 10.7. The van der Waals surface area contributed by atoms with Gasteiger partial charge in [-0.3, -0.25) is 0 Å². The Hall–Kier alpha value is -0.770. The van der Waals surface area contributed by atoms with Crippen LogP contribution in [0.4, 0.5) is 0 Å². The molecule has 0 unspecified atom stereocenters. The van der Waals surface area contributed by atoms with E-state index in [2.05, 4.69) is 0 Å². The molecule has 0 bridgehead atoms. The molecule has 1 aromatic carbocycles. The van der Waals surface area contributed by atoms with Crippen LogP contribution in [-0.2, 0) is 6.54 Å². The fourth-order valence-corrected chi connectivity index (χ4v) is 1.63. The Morgan fingerprint density at radius 1 is 1.50 bits per heavy atom. The van der Waals surface area contributed by atoms with E-state index in [1.54, 1.807) is 14.2 Å². The van der Waals surface area contributed by atoms with E-state index in [1.807, 2.05) is 19.1 Å². The second-order valence-corrected chi connectivity index (χ2v) is 3.65. The summed E-state index contributed by atoms with van der Waals surface area (Å²) in [4.78, 5) is 0. The van der Waals surface area contributed by atoms with E-state index in [9.17, 15) is 0 Å². The van der Waals surface area contributed by atoms with E-state index in [1.165, 1.54) is 0 Å². The van der Waals surface area contributed by atoms with Gasteiger partial charge >= 0.3 is 0 Å². The van der Waals surface area contributed by atoms with Crippen LogP contribution in [0.15, 0.2) is 12.1 Å². The quantitative estimate of drug-likeness (QED) is 0.787. The van der Waals surface area contributed by atoms with E-state index in [0.29, 0.717) is 17.3 Å². The fraction of sp³-hybridized carbons (Fsp3) is 0.400. The molecule has 3 nitrogen and oxygen atoms in total. The van der Waals surface area contributed by atoms with Crippen molar-refractivity contribution in [3.63, 3.8) is 0 Å². The van der Waals surface area contributed by atoms with Crippen molar-refractivity contribution in [2.24, 2.45) is 0 Å². The van der Waals surface area contributed by atoms with Crippen molar-refractivity contribution in [1.29, 1.82) is 0 Å². The first-order chi connectivity index (χ1) is 6.54. The third-order valence-electron chi connectivity index (χ3n) is 1.91. The van der Waals surface area contributed by atoms with Crippen molar-refractivity contribution in [2.45, 2.75) is 13.5 Å². The van der Waals surface area contributed by atoms with Gasteiger partial charge in [0.25, 0.3) is 0 Å². The lowest BCUT2D eigenvalue weighted by molar-refractivity contribution is -0.0735. The molecule has 78 valence electrons. The van der Waals surface area contributed by atoms with Gasteiger partial charge in [0, 0.05) is 17.6 Å². The number of rotatable bonds is 3. The van der Waals surface area contributed by atoms with E-state index < -0.39 is 0 Å². The van der Waals surface area contributed by atoms with Crippen LogP contribution in [0.5, 0.6) is 5.75 Å². The topological polar surface area (TPSA) is 32.7 Å². The molecule has 0 aliphatic heterocycles. The number of benzene rings is 1. The summed E-state index contributed by atoms with van der Waals surface area (Å²) in [7, 11) is 3.15. The highest BCUT2D eigenvalue weighted by atomic mass is 35.5. The molecule has 0 saturated carbocycles. The van der Waals surface area contributed by atoms with Gasteiger partial charge in [-0.15, -0.1) is 0 Å². The highest BCUT2D eigenvalue weighted by Crippen LogP contribution is 2.28. The number of nitrogens with zero attached hydrogens (tertiary/aromatic N) is 1. The van der Waals surface area contributed by atoms with Gasteiger partial charge < -0.3 is 9.94 Å². The van der Waals surface area contributed by atoms with Gasteiger partial charge in [0.1, 0.15) is 5.75 Å². The zero-order chi connectivity index (χ0) is 10.7. The van der Waals surface area contributed by atoms with Crippen molar-refractivity contribution in [1.82, 2.24) is 5.06 Å². The van der Waals surface area contributed by atoms with Crippen LogP contribution in [0.1, 0.15) is 11.1 Å². The van der Waals surface area contributed by atoms with E-state index in [4.69, 9.17) is 21.5 Å². The molecule has 4 heteroatoms. The average molecular weight is 216 g/mol. The van der Waals surface area contributed by atoms with E-state index in [-0.39, 0.29) is 0 Å². The Balaban J connectivity index is 3.11. The number of hydrogen-bond donors (Lipinski definition) is 1. The maximum absolute atomic E-state index is 9.14. The largest absolute Gasteiger partial charge is 0.496 e. The smallest absolute Gasteiger partial charge is 0.125 e. The number of methoxy groups -OCH3 is 1. The summed E-state index contributed by atoms with van der Waals surface area (Å²) in [5, 5.41) is 10.8. The van der Waals surface area contributed by atoms with E-state index in [0.717, 1.165) is 16.2 Å². The van der Waals surface area contributed by atoms with Gasteiger partial charge in [0.2, 0.25) is 0 Å². The van der Waals surface area contributed by atoms with Crippen LogP contribution in [0.3, 0.4) is 0 Å². The molecule has 0 spiro atoms. The summed E-state index contributed by atoms with van der Waals surface area (Å²) >= 11 is 6.04. The second-order valence-electron chi connectivity index (χ2n) is 3.24. The van der Waals surface area contributed by atoms with Crippen LogP contribution in [0.2, 0.25) is 5.02 Å². The molecule has 0 fully saturated rings. The first kappa shape index (κ1) is 11.3. The van der Waals surface area contributed by atoms with Crippen LogP contribution < -0.4 is 4.74 Å². The Labute approximate surface area is 88.8 Å². The molecule has 0 aliphatic rings. The van der Waals surface area contributed by atoms with Gasteiger partial charge in [-0.1, -0.05) is 11.6 Å². The molecular weight excluding hydrogens is 202 g/mol. The van der Waals surface area contributed by atoms with Crippen LogP contribution >= 0.6 is 11.6 Å². The summed E-state index contributed by atoms with van der Waals surface area (Å²) in [6.45, 7) is 2.29. The molecule has 0 atom stereocenters. The molecule has 1 N–H and O–H groups in total. The summed E-state index contributed by atoms with van der Waals surface area (Å²) in [6.07, 6.45) is 0. The Morgan fingerprint density at radius 2 is 2.14 bits per heavy atom. The van der Waals surface area contributed by atoms with Crippen LogP contribution in [0, 0.1) is 6.92 Å². The summed E-state index contributed by atoms with van der Waals surface area (Å²) < 4.78 is 5.19. The minimum Gasteiger partial charge on any atom is -0.496 e. The molecule has 14 heavy (non-hydrogen) atoms. The predicted molar refractivity (Wildman–Crippen MR) is 56.0 cm³/mol. The lowest BCUT2D eigenvalue weighted by Gasteiger charge is -2.14. The van der Waals surface area contributed by atoms with Gasteiger partial charge in [0.05, 0.1) is 13.7 Å². The van der Waals surface area contributed by atoms with Gasteiger partial charge in [0.15, 0.2) is 0 Å². The van der Waals surface area contributed by atoms with Gasteiger partial charge in [-0.25, -0.2) is 0 Å². The molecule has 0 saturated heterocycles. The third-order valence-corrected chi connectivity index (χ3v) is 2.24.